The highest BCUT2D eigenvalue weighted by Gasteiger charge is 2.28. The van der Waals surface area contributed by atoms with Crippen LogP contribution in [-0.4, -0.2) is 55.9 Å². The molecule has 0 spiro atoms. The number of hydrogen-bond acceptors (Lipinski definition) is 5. The lowest BCUT2D eigenvalue weighted by molar-refractivity contribution is -0.0261. The van der Waals surface area contributed by atoms with Crippen molar-refractivity contribution < 1.29 is 14.2 Å². The number of thioether (sulfide) groups is 1. The van der Waals surface area contributed by atoms with Gasteiger partial charge in [-0.15, -0.1) is 24.8 Å². The molecule has 1 unspecified atom stereocenters. The van der Waals surface area contributed by atoms with Crippen LogP contribution in [0.25, 0.3) is 0 Å². The Hall–Kier alpha value is -0.0800. The molecule has 0 aromatic heterocycles. The molecule has 24 heavy (non-hydrogen) atoms. The van der Waals surface area contributed by atoms with E-state index in [1.807, 2.05) is 23.9 Å². The highest BCUT2D eigenvalue weighted by Crippen LogP contribution is 2.13. The minimum absolute atomic E-state index is 0. The molecule has 3 N–H and O–H groups in total. The van der Waals surface area contributed by atoms with Crippen LogP contribution in [-0.2, 0) is 10.5 Å². The van der Waals surface area contributed by atoms with Crippen molar-refractivity contribution in [3.8, 4) is 0 Å². The van der Waals surface area contributed by atoms with E-state index in [9.17, 15) is 9.50 Å². The third kappa shape index (κ3) is 9.42. The molecular weight excluding hydrogens is 374 g/mol. The summed E-state index contributed by atoms with van der Waals surface area (Å²) in [7, 11) is 0. The van der Waals surface area contributed by atoms with Crippen molar-refractivity contribution in [2.24, 2.45) is 0 Å². The first-order valence-electron chi connectivity index (χ1n) is 7.72. The SMILES string of the molecule is Cl.Cl.OC1(CNCCCSCc2ccc(F)cc2)CNCCOC1. The standard InChI is InChI=1S/C16H25FN2O2S.2ClH/c17-15-4-2-14(3-5-15)10-22-9-1-6-18-11-16(20)12-19-7-8-21-13-16;;/h2-5,18-20H,1,6-13H2;2*1H. The van der Waals surface area contributed by atoms with E-state index in [-0.39, 0.29) is 30.6 Å². The van der Waals surface area contributed by atoms with E-state index in [1.54, 1.807) is 0 Å². The minimum Gasteiger partial charge on any atom is -0.385 e. The summed E-state index contributed by atoms with van der Waals surface area (Å²) < 4.78 is 18.2. The van der Waals surface area contributed by atoms with E-state index in [0.717, 1.165) is 36.6 Å². The maximum Gasteiger partial charge on any atom is 0.123 e. The number of rotatable bonds is 8. The molecule has 1 fully saturated rings. The van der Waals surface area contributed by atoms with Gasteiger partial charge in [-0.3, -0.25) is 0 Å². The van der Waals surface area contributed by atoms with Gasteiger partial charge in [-0.25, -0.2) is 4.39 Å². The maximum atomic E-state index is 12.8. The lowest BCUT2D eigenvalue weighted by atomic mass is 10.1. The molecule has 0 bridgehead atoms. The van der Waals surface area contributed by atoms with Crippen LogP contribution < -0.4 is 10.6 Å². The van der Waals surface area contributed by atoms with Crippen LogP contribution in [0.4, 0.5) is 4.39 Å². The van der Waals surface area contributed by atoms with E-state index in [1.165, 1.54) is 12.1 Å². The molecule has 4 nitrogen and oxygen atoms in total. The summed E-state index contributed by atoms with van der Waals surface area (Å²) in [6.07, 6.45) is 1.04. The second-order valence-electron chi connectivity index (χ2n) is 5.66. The molecule has 0 radical (unpaired) electrons. The molecule has 2 rings (SSSR count). The summed E-state index contributed by atoms with van der Waals surface area (Å²) in [6, 6.07) is 6.66. The first-order valence-corrected chi connectivity index (χ1v) is 8.87. The Morgan fingerprint density at radius 1 is 1.29 bits per heavy atom. The molecule has 1 aliphatic rings. The summed E-state index contributed by atoms with van der Waals surface area (Å²) in [6.45, 7) is 3.82. The molecule has 1 aromatic carbocycles. The Labute approximate surface area is 160 Å². The average Bonchev–Trinajstić information content (AvgIpc) is 2.73. The predicted octanol–water partition coefficient (Wildman–Crippen LogP) is 2.23. The lowest BCUT2D eigenvalue weighted by Gasteiger charge is -2.26. The van der Waals surface area contributed by atoms with Gasteiger partial charge in [0.2, 0.25) is 0 Å². The first kappa shape index (κ1) is 23.9. The molecule has 0 aliphatic carbocycles. The lowest BCUT2D eigenvalue weighted by Crippen LogP contribution is -2.50. The van der Waals surface area contributed by atoms with Crippen molar-refractivity contribution in [1.82, 2.24) is 10.6 Å². The van der Waals surface area contributed by atoms with Crippen molar-refractivity contribution in [3.63, 3.8) is 0 Å². The second-order valence-corrected chi connectivity index (χ2v) is 6.77. The van der Waals surface area contributed by atoms with Crippen molar-refractivity contribution >= 4 is 36.6 Å². The zero-order valence-corrected chi connectivity index (χ0v) is 16.1. The Kier molecular flexibility index (Phi) is 13.1. The molecule has 1 heterocycles. The Balaban J connectivity index is 0.00000264. The van der Waals surface area contributed by atoms with Crippen LogP contribution in [0.5, 0.6) is 0 Å². The number of benzene rings is 1. The average molecular weight is 401 g/mol. The zero-order valence-electron chi connectivity index (χ0n) is 13.6. The Morgan fingerprint density at radius 3 is 2.79 bits per heavy atom. The number of halogens is 3. The summed E-state index contributed by atoms with van der Waals surface area (Å²) in [5.74, 6) is 1.76. The van der Waals surface area contributed by atoms with E-state index in [2.05, 4.69) is 10.6 Å². The third-order valence-electron chi connectivity index (χ3n) is 3.53. The van der Waals surface area contributed by atoms with Gasteiger partial charge in [0.05, 0.1) is 13.2 Å². The number of hydrogen-bond donors (Lipinski definition) is 3. The number of ether oxygens (including phenoxy) is 1. The minimum atomic E-state index is -0.808. The fourth-order valence-electron chi connectivity index (χ4n) is 2.28. The van der Waals surface area contributed by atoms with Gasteiger partial charge in [0.25, 0.3) is 0 Å². The molecule has 1 atom stereocenters. The monoisotopic (exact) mass is 400 g/mol. The summed E-state index contributed by atoms with van der Waals surface area (Å²) >= 11 is 1.84. The van der Waals surface area contributed by atoms with Gasteiger partial charge >= 0.3 is 0 Å². The molecule has 1 aliphatic heterocycles. The van der Waals surface area contributed by atoms with E-state index < -0.39 is 5.60 Å². The molecular formula is C16H27Cl2FN2O2S. The fourth-order valence-corrected chi connectivity index (χ4v) is 3.20. The molecule has 0 amide bonds. The van der Waals surface area contributed by atoms with Crippen molar-refractivity contribution in [2.75, 3.05) is 45.1 Å². The van der Waals surface area contributed by atoms with Gasteiger partial charge in [0.15, 0.2) is 0 Å². The Morgan fingerprint density at radius 2 is 2.04 bits per heavy atom. The number of β-amino-alcohol motifs (C(OH)–C–C–N with tert-alkyl or cyclic N) is 1. The zero-order chi connectivity index (χ0) is 15.7. The summed E-state index contributed by atoms with van der Waals surface area (Å²) in [4.78, 5) is 0. The Bertz CT molecular complexity index is 433. The summed E-state index contributed by atoms with van der Waals surface area (Å²) in [5, 5.41) is 16.8. The predicted molar refractivity (Wildman–Crippen MR) is 103 cm³/mol. The molecule has 140 valence electrons. The number of aliphatic hydroxyl groups is 1. The first-order chi connectivity index (χ1) is 10.7. The van der Waals surface area contributed by atoms with Crippen molar-refractivity contribution in [3.05, 3.63) is 35.6 Å². The van der Waals surface area contributed by atoms with Gasteiger partial charge in [-0.1, -0.05) is 12.1 Å². The fraction of sp³-hybridized carbons (Fsp3) is 0.625. The van der Waals surface area contributed by atoms with Gasteiger partial charge in [-0.05, 0) is 36.4 Å². The topological polar surface area (TPSA) is 53.5 Å². The van der Waals surface area contributed by atoms with Crippen LogP contribution in [0, 0.1) is 5.82 Å². The second kappa shape index (κ2) is 13.2. The van der Waals surface area contributed by atoms with Crippen LogP contribution in [0.3, 0.4) is 0 Å². The smallest absolute Gasteiger partial charge is 0.123 e. The van der Waals surface area contributed by atoms with E-state index in [0.29, 0.717) is 26.3 Å². The van der Waals surface area contributed by atoms with Gasteiger partial charge in [0.1, 0.15) is 11.4 Å². The molecule has 8 heteroatoms. The largest absolute Gasteiger partial charge is 0.385 e. The quantitative estimate of drug-likeness (QED) is 0.584. The normalized spacial score (nSPS) is 20.6. The van der Waals surface area contributed by atoms with Crippen LogP contribution in [0.2, 0.25) is 0 Å². The van der Waals surface area contributed by atoms with E-state index >= 15 is 0 Å². The van der Waals surface area contributed by atoms with Crippen LogP contribution in [0.1, 0.15) is 12.0 Å². The summed E-state index contributed by atoms with van der Waals surface area (Å²) in [5.41, 5.74) is 0.341. The molecule has 1 saturated heterocycles. The number of nitrogens with one attached hydrogen (secondary N) is 2. The molecule has 0 saturated carbocycles. The van der Waals surface area contributed by atoms with Crippen LogP contribution >= 0.6 is 36.6 Å². The maximum absolute atomic E-state index is 12.8. The van der Waals surface area contributed by atoms with Gasteiger partial charge in [0, 0.05) is 25.4 Å². The highest BCUT2D eigenvalue weighted by atomic mass is 35.5. The highest BCUT2D eigenvalue weighted by molar-refractivity contribution is 7.98. The van der Waals surface area contributed by atoms with Crippen molar-refractivity contribution in [2.45, 2.75) is 17.8 Å². The van der Waals surface area contributed by atoms with Gasteiger partial charge in [-0.2, -0.15) is 11.8 Å². The van der Waals surface area contributed by atoms with Crippen molar-refractivity contribution in [1.29, 1.82) is 0 Å². The third-order valence-corrected chi connectivity index (χ3v) is 4.64. The van der Waals surface area contributed by atoms with E-state index in [4.69, 9.17) is 4.74 Å². The molecule has 1 aromatic rings. The van der Waals surface area contributed by atoms with Crippen LogP contribution in [0.15, 0.2) is 24.3 Å². The van der Waals surface area contributed by atoms with Gasteiger partial charge < -0.3 is 20.5 Å².